The summed E-state index contributed by atoms with van der Waals surface area (Å²) in [7, 11) is 0. The lowest BCUT2D eigenvalue weighted by molar-refractivity contribution is 0.778. The van der Waals surface area contributed by atoms with Crippen LogP contribution in [0, 0.1) is 12.3 Å². The van der Waals surface area contributed by atoms with Crippen molar-refractivity contribution in [2.45, 2.75) is 26.7 Å². The van der Waals surface area contributed by atoms with Crippen molar-refractivity contribution in [3.05, 3.63) is 53.7 Å². The molecule has 1 aromatic carbocycles. The van der Waals surface area contributed by atoms with Crippen molar-refractivity contribution >= 4 is 17.3 Å². The molecule has 2 aromatic rings. The van der Waals surface area contributed by atoms with Gasteiger partial charge in [-0.2, -0.15) is 0 Å². The average molecular weight is 282 g/mol. The van der Waals surface area contributed by atoms with Gasteiger partial charge in [0, 0.05) is 23.5 Å². The van der Waals surface area contributed by atoms with Gasteiger partial charge in [0.15, 0.2) is 0 Å². The summed E-state index contributed by atoms with van der Waals surface area (Å²) in [6.45, 7) is 5.00. The van der Waals surface area contributed by atoms with Crippen LogP contribution in [-0.2, 0) is 0 Å². The molecule has 0 saturated heterocycles. The van der Waals surface area contributed by atoms with Gasteiger partial charge in [-0.3, -0.25) is 5.41 Å². The number of aromatic nitrogens is 1. The number of anilines is 2. The van der Waals surface area contributed by atoms with Crippen LogP contribution in [0.5, 0.6) is 0 Å². The Kier molecular flexibility index (Phi) is 4.93. The monoisotopic (exact) mass is 282 g/mol. The highest BCUT2D eigenvalue weighted by Crippen LogP contribution is 2.25. The minimum absolute atomic E-state index is 0.0743. The first kappa shape index (κ1) is 15.0. The number of aryl methyl sites for hydroxylation is 1. The predicted molar refractivity (Wildman–Crippen MR) is 88.3 cm³/mol. The highest BCUT2D eigenvalue weighted by molar-refractivity contribution is 5.95. The molecule has 0 amide bonds. The highest BCUT2D eigenvalue weighted by Gasteiger charge is 2.12. The van der Waals surface area contributed by atoms with Crippen LogP contribution in [0.4, 0.5) is 11.5 Å². The second-order valence-corrected chi connectivity index (χ2v) is 5.11. The van der Waals surface area contributed by atoms with Crippen LogP contribution in [0.15, 0.2) is 42.5 Å². The van der Waals surface area contributed by atoms with E-state index in [0.29, 0.717) is 0 Å². The third-order valence-corrected chi connectivity index (χ3v) is 3.33. The Bertz CT molecular complexity index is 607. The number of amidine groups is 1. The number of rotatable bonds is 6. The van der Waals surface area contributed by atoms with E-state index in [9.17, 15) is 0 Å². The second-order valence-electron chi connectivity index (χ2n) is 5.11. The first-order valence-electron chi connectivity index (χ1n) is 7.27. The van der Waals surface area contributed by atoms with Crippen molar-refractivity contribution in [3.8, 4) is 0 Å². The fourth-order valence-electron chi connectivity index (χ4n) is 2.24. The molecule has 0 unspecified atom stereocenters. The normalized spacial score (nSPS) is 10.4. The number of para-hydroxylation sites is 1. The van der Waals surface area contributed by atoms with Crippen molar-refractivity contribution in [2.75, 3.05) is 11.4 Å². The van der Waals surface area contributed by atoms with Gasteiger partial charge in [-0.05, 0) is 37.6 Å². The molecule has 1 heterocycles. The summed E-state index contributed by atoms with van der Waals surface area (Å²) >= 11 is 0. The van der Waals surface area contributed by atoms with E-state index in [2.05, 4.69) is 28.9 Å². The molecule has 2 rings (SSSR count). The van der Waals surface area contributed by atoms with Crippen LogP contribution >= 0.6 is 0 Å². The molecule has 0 fully saturated rings. The Morgan fingerprint density at radius 3 is 2.57 bits per heavy atom. The quantitative estimate of drug-likeness (QED) is 0.628. The molecular formula is C17H22N4. The summed E-state index contributed by atoms with van der Waals surface area (Å²) in [5.41, 5.74) is 8.33. The summed E-state index contributed by atoms with van der Waals surface area (Å²) in [5.74, 6) is 0.921. The van der Waals surface area contributed by atoms with Crippen molar-refractivity contribution < 1.29 is 0 Å². The van der Waals surface area contributed by atoms with E-state index >= 15 is 0 Å². The van der Waals surface area contributed by atoms with E-state index in [1.54, 1.807) is 0 Å². The average Bonchev–Trinajstić information content (AvgIpc) is 2.48. The molecule has 0 radical (unpaired) electrons. The number of nitrogens with two attached hydrogens (primary N) is 1. The lowest BCUT2D eigenvalue weighted by Crippen LogP contribution is -2.21. The maximum atomic E-state index is 7.64. The van der Waals surface area contributed by atoms with Crippen LogP contribution in [0.1, 0.15) is 31.0 Å². The number of nitrogens with one attached hydrogen (secondary N) is 1. The second kappa shape index (κ2) is 6.88. The highest BCUT2D eigenvalue weighted by atomic mass is 15.2. The lowest BCUT2D eigenvalue weighted by Gasteiger charge is -2.24. The number of benzene rings is 1. The zero-order chi connectivity index (χ0) is 15.2. The first-order valence-corrected chi connectivity index (χ1v) is 7.27. The zero-order valence-electron chi connectivity index (χ0n) is 12.6. The molecule has 110 valence electrons. The molecule has 0 saturated carbocycles. The topological polar surface area (TPSA) is 66.0 Å². The van der Waals surface area contributed by atoms with E-state index in [1.807, 2.05) is 37.3 Å². The Morgan fingerprint density at radius 1 is 1.24 bits per heavy atom. The third-order valence-electron chi connectivity index (χ3n) is 3.33. The Morgan fingerprint density at radius 2 is 1.95 bits per heavy atom. The molecule has 1 aromatic heterocycles. The Hall–Kier alpha value is -2.36. The van der Waals surface area contributed by atoms with Gasteiger partial charge in [0.2, 0.25) is 0 Å². The SMILES string of the molecule is CCCCN(c1ccccc1)c1cc(C(=N)N)cc(C)n1. The van der Waals surface area contributed by atoms with Crippen molar-refractivity contribution in [1.82, 2.24) is 4.98 Å². The van der Waals surface area contributed by atoms with Crippen LogP contribution in [0.3, 0.4) is 0 Å². The number of nitrogen functional groups attached to an aromatic ring is 1. The summed E-state index contributed by atoms with van der Waals surface area (Å²) in [6.07, 6.45) is 2.20. The summed E-state index contributed by atoms with van der Waals surface area (Å²) in [4.78, 5) is 6.80. The molecule has 3 N–H and O–H groups in total. The zero-order valence-corrected chi connectivity index (χ0v) is 12.6. The van der Waals surface area contributed by atoms with Crippen molar-refractivity contribution in [1.29, 1.82) is 5.41 Å². The van der Waals surface area contributed by atoms with Crippen LogP contribution in [-0.4, -0.2) is 17.4 Å². The number of nitrogens with zero attached hydrogens (tertiary/aromatic N) is 2. The van der Waals surface area contributed by atoms with Gasteiger partial charge >= 0.3 is 0 Å². The van der Waals surface area contributed by atoms with Gasteiger partial charge in [-0.15, -0.1) is 0 Å². The van der Waals surface area contributed by atoms with Gasteiger partial charge in [0.1, 0.15) is 11.7 Å². The van der Waals surface area contributed by atoms with E-state index in [0.717, 1.165) is 42.1 Å². The maximum absolute atomic E-state index is 7.64. The van der Waals surface area contributed by atoms with Crippen LogP contribution in [0.25, 0.3) is 0 Å². The fraction of sp³-hybridized carbons (Fsp3) is 0.294. The summed E-state index contributed by atoms with van der Waals surface area (Å²) in [5, 5.41) is 7.64. The Labute approximate surface area is 126 Å². The number of hydrogen-bond donors (Lipinski definition) is 2. The van der Waals surface area contributed by atoms with Crippen molar-refractivity contribution in [3.63, 3.8) is 0 Å². The molecule has 4 heteroatoms. The Balaban J connectivity index is 2.43. The number of hydrogen-bond acceptors (Lipinski definition) is 3. The molecule has 0 spiro atoms. The van der Waals surface area contributed by atoms with Gasteiger partial charge < -0.3 is 10.6 Å². The third kappa shape index (κ3) is 3.81. The fourth-order valence-corrected chi connectivity index (χ4v) is 2.24. The molecule has 0 bridgehead atoms. The summed E-state index contributed by atoms with van der Waals surface area (Å²) in [6, 6.07) is 13.9. The van der Waals surface area contributed by atoms with Gasteiger partial charge in [-0.25, -0.2) is 4.98 Å². The van der Waals surface area contributed by atoms with E-state index < -0.39 is 0 Å². The predicted octanol–water partition coefficient (Wildman–Crippen LogP) is 3.61. The van der Waals surface area contributed by atoms with E-state index in [4.69, 9.17) is 11.1 Å². The maximum Gasteiger partial charge on any atom is 0.133 e. The standard InChI is InChI=1S/C17H22N4/c1-3-4-10-21(15-8-6-5-7-9-15)16-12-14(17(18)19)11-13(2)20-16/h5-9,11-12H,3-4,10H2,1-2H3,(H3,18,19). The van der Waals surface area contributed by atoms with Gasteiger partial charge in [0.05, 0.1) is 0 Å². The van der Waals surface area contributed by atoms with E-state index in [1.165, 1.54) is 0 Å². The van der Waals surface area contributed by atoms with Gasteiger partial charge in [-0.1, -0.05) is 31.5 Å². The molecule has 21 heavy (non-hydrogen) atoms. The van der Waals surface area contributed by atoms with Crippen LogP contribution in [0.2, 0.25) is 0 Å². The minimum Gasteiger partial charge on any atom is -0.384 e. The lowest BCUT2D eigenvalue weighted by atomic mass is 10.2. The molecule has 0 aliphatic heterocycles. The molecule has 0 aliphatic rings. The largest absolute Gasteiger partial charge is 0.384 e. The smallest absolute Gasteiger partial charge is 0.133 e. The van der Waals surface area contributed by atoms with Crippen LogP contribution < -0.4 is 10.6 Å². The van der Waals surface area contributed by atoms with Crippen molar-refractivity contribution in [2.24, 2.45) is 5.73 Å². The number of unbranched alkanes of at least 4 members (excludes halogenated alkanes) is 1. The molecule has 0 atom stereocenters. The molecular weight excluding hydrogens is 260 g/mol. The first-order chi connectivity index (χ1) is 10.1. The van der Waals surface area contributed by atoms with E-state index in [-0.39, 0.29) is 5.84 Å². The number of pyridine rings is 1. The summed E-state index contributed by atoms with van der Waals surface area (Å²) < 4.78 is 0. The molecule has 0 aliphatic carbocycles. The van der Waals surface area contributed by atoms with Gasteiger partial charge in [0.25, 0.3) is 0 Å². The molecule has 4 nitrogen and oxygen atoms in total. The minimum atomic E-state index is 0.0743.